The Morgan fingerprint density at radius 3 is 3.00 bits per heavy atom. The van der Waals surface area contributed by atoms with Crippen molar-refractivity contribution >= 4 is 11.3 Å². The first-order valence-electron chi connectivity index (χ1n) is 4.70. The maximum absolute atomic E-state index is 5.46. The van der Waals surface area contributed by atoms with Crippen molar-refractivity contribution in [2.24, 2.45) is 0 Å². The Bertz CT molecular complexity index is 409. The first-order valence-corrected chi connectivity index (χ1v) is 5.58. The molecule has 0 atom stereocenters. The van der Waals surface area contributed by atoms with Gasteiger partial charge >= 0.3 is 0 Å². The third-order valence-electron chi connectivity index (χ3n) is 1.79. The number of nitrogens with zero attached hydrogens (tertiary/aromatic N) is 2. The van der Waals surface area contributed by atoms with E-state index >= 15 is 0 Å². The maximum atomic E-state index is 5.46. The van der Waals surface area contributed by atoms with Crippen LogP contribution in [0.5, 0.6) is 0 Å². The van der Waals surface area contributed by atoms with Gasteiger partial charge in [-0.05, 0) is 13.8 Å². The monoisotopic (exact) mass is 224 g/mol. The minimum Gasteiger partial charge on any atom is -0.451 e. The average Bonchev–Trinajstić information content (AvgIpc) is 2.85. The Labute approximate surface area is 91.9 Å². The summed E-state index contributed by atoms with van der Waals surface area (Å²) < 4.78 is 10.4. The highest BCUT2D eigenvalue weighted by Gasteiger charge is 2.07. The van der Waals surface area contributed by atoms with Gasteiger partial charge in [-0.15, -0.1) is 11.3 Å². The lowest BCUT2D eigenvalue weighted by atomic mass is 10.4. The molecule has 0 fully saturated rings. The van der Waals surface area contributed by atoms with Crippen LogP contribution < -0.4 is 0 Å². The number of hydrogen-bond donors (Lipinski definition) is 0. The molecule has 2 heterocycles. The normalized spacial score (nSPS) is 11.1. The summed E-state index contributed by atoms with van der Waals surface area (Å²) >= 11 is 1.57. The van der Waals surface area contributed by atoms with Crippen LogP contribution in [0, 0.1) is 0 Å². The van der Waals surface area contributed by atoms with Crippen LogP contribution >= 0.6 is 11.3 Å². The summed E-state index contributed by atoms with van der Waals surface area (Å²) in [4.78, 5) is 8.43. The Morgan fingerprint density at radius 2 is 2.33 bits per heavy atom. The van der Waals surface area contributed by atoms with Crippen molar-refractivity contribution in [3.63, 3.8) is 0 Å². The van der Waals surface area contributed by atoms with Crippen molar-refractivity contribution < 1.29 is 9.15 Å². The molecule has 5 heteroatoms. The summed E-state index contributed by atoms with van der Waals surface area (Å²) in [5.74, 6) is 0. The Balaban J connectivity index is 2.04. The summed E-state index contributed by atoms with van der Waals surface area (Å²) in [5, 5.41) is 2.92. The van der Waals surface area contributed by atoms with Crippen LogP contribution in [-0.4, -0.2) is 16.1 Å². The van der Waals surface area contributed by atoms with Crippen molar-refractivity contribution in [2.75, 3.05) is 0 Å². The SMILES string of the molecule is CC(C)OCc1nc(-c2cocn2)cs1. The second-order valence-corrected chi connectivity index (χ2v) is 4.30. The molecule has 0 amide bonds. The van der Waals surface area contributed by atoms with Crippen molar-refractivity contribution in [1.29, 1.82) is 0 Å². The molecule has 2 aromatic rings. The van der Waals surface area contributed by atoms with Crippen molar-refractivity contribution in [2.45, 2.75) is 26.6 Å². The van der Waals surface area contributed by atoms with E-state index in [0.717, 1.165) is 16.4 Å². The first kappa shape index (κ1) is 10.3. The predicted molar refractivity (Wildman–Crippen MR) is 57.5 cm³/mol. The molecule has 80 valence electrons. The third-order valence-corrected chi connectivity index (χ3v) is 2.61. The minimum absolute atomic E-state index is 0.226. The highest BCUT2D eigenvalue weighted by atomic mass is 32.1. The third kappa shape index (κ3) is 2.64. The number of aromatic nitrogens is 2. The fourth-order valence-electron chi connectivity index (χ4n) is 1.07. The van der Waals surface area contributed by atoms with Crippen LogP contribution in [0.25, 0.3) is 11.4 Å². The standard InChI is InChI=1S/C10H12N2O2S/c1-7(2)14-4-10-12-9(5-15-10)8-3-13-6-11-8/h3,5-7H,4H2,1-2H3. The van der Waals surface area contributed by atoms with Crippen molar-refractivity contribution in [3.05, 3.63) is 23.0 Å². The fourth-order valence-corrected chi connectivity index (χ4v) is 1.78. The second-order valence-electron chi connectivity index (χ2n) is 3.36. The number of hydrogen-bond acceptors (Lipinski definition) is 5. The van der Waals surface area contributed by atoms with E-state index in [1.165, 1.54) is 6.39 Å². The molecular weight excluding hydrogens is 212 g/mol. The largest absolute Gasteiger partial charge is 0.451 e. The summed E-state index contributed by atoms with van der Waals surface area (Å²) in [7, 11) is 0. The molecule has 2 rings (SSSR count). The molecule has 0 saturated heterocycles. The molecule has 0 unspecified atom stereocenters. The summed E-state index contributed by atoms with van der Waals surface area (Å²) in [5.41, 5.74) is 1.61. The highest BCUT2D eigenvalue weighted by Crippen LogP contribution is 2.20. The number of ether oxygens (including phenoxy) is 1. The van der Waals surface area contributed by atoms with E-state index < -0.39 is 0 Å². The molecule has 0 aliphatic heterocycles. The molecule has 0 saturated carbocycles. The van der Waals surface area contributed by atoms with Crippen LogP contribution in [-0.2, 0) is 11.3 Å². The number of thiazole rings is 1. The van der Waals surface area contributed by atoms with Gasteiger partial charge in [0.05, 0.1) is 12.7 Å². The van der Waals surface area contributed by atoms with E-state index in [0.29, 0.717) is 6.61 Å². The molecular formula is C10H12N2O2S. The molecule has 4 nitrogen and oxygen atoms in total. The van der Waals surface area contributed by atoms with Crippen LogP contribution in [0.3, 0.4) is 0 Å². The van der Waals surface area contributed by atoms with Gasteiger partial charge in [-0.2, -0.15) is 0 Å². The van der Waals surface area contributed by atoms with Crippen LogP contribution in [0.15, 0.2) is 22.5 Å². The van der Waals surface area contributed by atoms with E-state index in [2.05, 4.69) is 9.97 Å². The van der Waals surface area contributed by atoms with Gasteiger partial charge in [-0.3, -0.25) is 0 Å². The maximum Gasteiger partial charge on any atom is 0.181 e. The van der Waals surface area contributed by atoms with Gasteiger partial charge in [0.15, 0.2) is 6.39 Å². The zero-order valence-corrected chi connectivity index (χ0v) is 9.45. The molecule has 0 N–H and O–H groups in total. The fraction of sp³-hybridized carbons (Fsp3) is 0.400. The lowest BCUT2D eigenvalue weighted by molar-refractivity contribution is 0.0656. The van der Waals surface area contributed by atoms with Gasteiger partial charge in [-0.25, -0.2) is 9.97 Å². The summed E-state index contributed by atoms with van der Waals surface area (Å²) in [6.07, 6.45) is 3.21. The van der Waals surface area contributed by atoms with Crippen LogP contribution in [0.1, 0.15) is 18.9 Å². The summed E-state index contributed by atoms with van der Waals surface area (Å²) in [6.45, 7) is 4.57. The molecule has 0 aliphatic carbocycles. The van der Waals surface area contributed by atoms with E-state index in [1.807, 2.05) is 19.2 Å². The van der Waals surface area contributed by atoms with E-state index in [1.54, 1.807) is 17.6 Å². The van der Waals surface area contributed by atoms with E-state index in [4.69, 9.17) is 9.15 Å². The number of rotatable bonds is 4. The topological polar surface area (TPSA) is 48.2 Å². The van der Waals surface area contributed by atoms with E-state index in [-0.39, 0.29) is 6.10 Å². The van der Waals surface area contributed by atoms with Crippen LogP contribution in [0.4, 0.5) is 0 Å². The zero-order chi connectivity index (χ0) is 10.7. The van der Waals surface area contributed by atoms with E-state index in [9.17, 15) is 0 Å². The van der Waals surface area contributed by atoms with Gasteiger partial charge in [0.25, 0.3) is 0 Å². The van der Waals surface area contributed by atoms with Crippen LogP contribution in [0.2, 0.25) is 0 Å². The van der Waals surface area contributed by atoms with Gasteiger partial charge < -0.3 is 9.15 Å². The second kappa shape index (κ2) is 4.55. The van der Waals surface area contributed by atoms with Gasteiger partial charge in [0.1, 0.15) is 22.7 Å². The van der Waals surface area contributed by atoms with Gasteiger partial charge in [-0.1, -0.05) is 0 Å². The molecule has 15 heavy (non-hydrogen) atoms. The predicted octanol–water partition coefficient (Wildman–Crippen LogP) is 2.72. The first-order chi connectivity index (χ1) is 7.25. The lowest BCUT2D eigenvalue weighted by Gasteiger charge is -2.03. The Morgan fingerprint density at radius 1 is 1.47 bits per heavy atom. The molecule has 0 radical (unpaired) electrons. The minimum atomic E-state index is 0.226. The van der Waals surface area contributed by atoms with Crippen molar-refractivity contribution in [3.8, 4) is 11.4 Å². The Kier molecular flexibility index (Phi) is 3.13. The molecule has 0 aromatic carbocycles. The molecule has 0 bridgehead atoms. The molecule has 0 aliphatic rings. The van der Waals surface area contributed by atoms with Crippen molar-refractivity contribution in [1.82, 2.24) is 9.97 Å². The smallest absolute Gasteiger partial charge is 0.181 e. The number of oxazole rings is 1. The molecule has 2 aromatic heterocycles. The zero-order valence-electron chi connectivity index (χ0n) is 8.64. The average molecular weight is 224 g/mol. The highest BCUT2D eigenvalue weighted by molar-refractivity contribution is 7.09. The van der Waals surface area contributed by atoms with Gasteiger partial charge in [0, 0.05) is 5.38 Å². The van der Waals surface area contributed by atoms with Gasteiger partial charge in [0.2, 0.25) is 0 Å². The summed E-state index contributed by atoms with van der Waals surface area (Å²) in [6, 6.07) is 0. The quantitative estimate of drug-likeness (QED) is 0.801. The molecule has 0 spiro atoms. The lowest BCUT2D eigenvalue weighted by Crippen LogP contribution is -2.01. The Hall–Kier alpha value is -1.20.